The van der Waals surface area contributed by atoms with Crippen LogP contribution in [0.5, 0.6) is 11.5 Å². The molecule has 0 atom stereocenters. The third-order valence-electron chi connectivity index (χ3n) is 3.79. The molecular formula is C21H24N4O6. The van der Waals surface area contributed by atoms with Crippen LogP contribution in [0.4, 0.5) is 21.0 Å². The van der Waals surface area contributed by atoms with Crippen LogP contribution in [0.15, 0.2) is 53.5 Å². The van der Waals surface area contributed by atoms with Crippen molar-refractivity contribution in [3.8, 4) is 11.5 Å². The molecule has 2 aromatic rings. The number of anilines is 2. The van der Waals surface area contributed by atoms with Gasteiger partial charge in [-0.1, -0.05) is 32.0 Å². The minimum Gasteiger partial charge on any atom is -0.457 e. The summed E-state index contributed by atoms with van der Waals surface area (Å²) in [6.07, 6.45) is -1.82. The number of nitrogens with one attached hydrogen (secondary N) is 3. The molecule has 10 heteroatoms. The second-order valence-corrected chi connectivity index (χ2v) is 6.44. The van der Waals surface area contributed by atoms with Gasteiger partial charge in [-0.2, -0.15) is 0 Å². The number of amides is 3. The van der Waals surface area contributed by atoms with Crippen molar-refractivity contribution >= 4 is 35.4 Å². The molecule has 0 unspecified atom stereocenters. The molecule has 0 fully saturated rings. The summed E-state index contributed by atoms with van der Waals surface area (Å²) < 4.78 is 14.9. The van der Waals surface area contributed by atoms with Crippen LogP contribution in [0, 0.1) is 5.92 Å². The topological polar surface area (TPSA) is 127 Å². The van der Waals surface area contributed by atoms with E-state index in [1.165, 1.54) is 0 Å². The molecule has 0 heterocycles. The van der Waals surface area contributed by atoms with Gasteiger partial charge < -0.3 is 24.8 Å². The van der Waals surface area contributed by atoms with E-state index in [1.807, 2.05) is 18.2 Å². The Bertz CT molecular complexity index is 960. The molecule has 2 rings (SSSR count). The van der Waals surface area contributed by atoms with Gasteiger partial charge in [-0.05, 0) is 24.3 Å². The maximum atomic E-state index is 12.2. The van der Waals surface area contributed by atoms with Gasteiger partial charge in [0.1, 0.15) is 11.5 Å². The van der Waals surface area contributed by atoms with Crippen molar-refractivity contribution in [2.24, 2.45) is 10.9 Å². The third-order valence-corrected chi connectivity index (χ3v) is 3.79. The Labute approximate surface area is 179 Å². The number of hydrogen-bond donors (Lipinski definition) is 3. The Morgan fingerprint density at radius 1 is 0.871 bits per heavy atom. The van der Waals surface area contributed by atoms with Crippen LogP contribution in [-0.4, -0.2) is 38.3 Å². The minimum atomic E-state index is -0.955. The van der Waals surface area contributed by atoms with Crippen LogP contribution in [0.1, 0.15) is 13.8 Å². The van der Waals surface area contributed by atoms with Crippen molar-refractivity contribution in [1.29, 1.82) is 0 Å². The number of carbonyl (C=O) groups excluding carboxylic acids is 3. The van der Waals surface area contributed by atoms with Gasteiger partial charge in [-0.25, -0.2) is 9.59 Å². The number of guanidine groups is 1. The molecule has 31 heavy (non-hydrogen) atoms. The molecule has 0 aromatic heterocycles. The van der Waals surface area contributed by atoms with Crippen LogP contribution in [0.3, 0.4) is 0 Å². The van der Waals surface area contributed by atoms with Crippen LogP contribution in [0.2, 0.25) is 0 Å². The fraction of sp³-hybridized carbons (Fsp3) is 0.238. The van der Waals surface area contributed by atoms with Gasteiger partial charge in [0.2, 0.25) is 11.9 Å². The monoisotopic (exact) mass is 428 g/mol. The average molecular weight is 428 g/mol. The van der Waals surface area contributed by atoms with Gasteiger partial charge in [0, 0.05) is 12.0 Å². The highest BCUT2D eigenvalue weighted by atomic mass is 16.5. The van der Waals surface area contributed by atoms with E-state index >= 15 is 0 Å². The number of aliphatic imine (C=N–C) groups is 1. The quantitative estimate of drug-likeness (QED) is 0.486. The third kappa shape index (κ3) is 7.35. The number of methoxy groups -OCH3 is 2. The number of rotatable bonds is 5. The highest BCUT2D eigenvalue weighted by Crippen LogP contribution is 2.30. The zero-order valence-corrected chi connectivity index (χ0v) is 17.6. The van der Waals surface area contributed by atoms with Crippen molar-refractivity contribution in [2.75, 3.05) is 24.9 Å². The number of hydrogen-bond acceptors (Lipinski definition) is 6. The zero-order valence-electron chi connectivity index (χ0n) is 17.6. The van der Waals surface area contributed by atoms with Gasteiger partial charge in [0.25, 0.3) is 0 Å². The van der Waals surface area contributed by atoms with E-state index in [0.717, 1.165) is 14.2 Å². The zero-order chi connectivity index (χ0) is 22.8. The highest BCUT2D eigenvalue weighted by molar-refractivity contribution is 6.08. The number of ether oxygens (including phenoxy) is 3. The minimum absolute atomic E-state index is 0.229. The normalized spacial score (nSPS) is 10.8. The van der Waals surface area contributed by atoms with Gasteiger partial charge in [-0.3, -0.25) is 10.1 Å². The van der Waals surface area contributed by atoms with E-state index in [1.54, 1.807) is 44.2 Å². The molecule has 0 saturated carbocycles. The van der Waals surface area contributed by atoms with E-state index < -0.39 is 12.2 Å². The summed E-state index contributed by atoms with van der Waals surface area (Å²) in [7, 11) is 2.30. The summed E-state index contributed by atoms with van der Waals surface area (Å²) in [5.74, 6) is 0.266. The highest BCUT2D eigenvalue weighted by Gasteiger charge is 2.15. The SMILES string of the molecule is COC(=O)N=C(NC(=O)OC)Nc1cc(Oc2ccccc2)ccc1NC(=O)C(C)C. The summed E-state index contributed by atoms with van der Waals surface area (Å²) in [4.78, 5) is 39.1. The van der Waals surface area contributed by atoms with Crippen LogP contribution in [0.25, 0.3) is 0 Å². The van der Waals surface area contributed by atoms with Crippen molar-refractivity contribution in [3.63, 3.8) is 0 Å². The second-order valence-electron chi connectivity index (χ2n) is 6.44. The molecule has 0 radical (unpaired) electrons. The summed E-state index contributed by atoms with van der Waals surface area (Å²) in [6, 6.07) is 13.9. The van der Waals surface area contributed by atoms with Gasteiger partial charge in [0.05, 0.1) is 25.6 Å². The molecule has 0 spiro atoms. The number of carbonyl (C=O) groups is 3. The Morgan fingerprint density at radius 3 is 2.19 bits per heavy atom. The van der Waals surface area contributed by atoms with Crippen molar-refractivity contribution in [1.82, 2.24) is 5.32 Å². The maximum Gasteiger partial charge on any atom is 0.436 e. The summed E-state index contributed by atoms with van der Waals surface area (Å²) in [6.45, 7) is 3.50. The average Bonchev–Trinajstić information content (AvgIpc) is 2.75. The van der Waals surface area contributed by atoms with Crippen LogP contribution >= 0.6 is 0 Å². The predicted molar refractivity (Wildman–Crippen MR) is 115 cm³/mol. The lowest BCUT2D eigenvalue weighted by Gasteiger charge is -2.17. The van der Waals surface area contributed by atoms with Gasteiger partial charge in [-0.15, -0.1) is 4.99 Å². The second kappa shape index (κ2) is 11.2. The molecule has 0 aliphatic carbocycles. The van der Waals surface area contributed by atoms with E-state index in [9.17, 15) is 14.4 Å². The van der Waals surface area contributed by atoms with E-state index in [-0.39, 0.29) is 17.8 Å². The molecular weight excluding hydrogens is 404 g/mol. The maximum absolute atomic E-state index is 12.2. The Balaban J connectivity index is 2.40. The van der Waals surface area contributed by atoms with E-state index in [0.29, 0.717) is 22.9 Å². The van der Waals surface area contributed by atoms with Crippen molar-refractivity contribution in [2.45, 2.75) is 13.8 Å². The lowest BCUT2D eigenvalue weighted by atomic mass is 10.2. The molecule has 3 amide bonds. The van der Waals surface area contributed by atoms with Crippen molar-refractivity contribution < 1.29 is 28.6 Å². The number of nitrogens with zero attached hydrogens (tertiary/aromatic N) is 1. The Hall–Kier alpha value is -4.08. The Kier molecular flexibility index (Phi) is 8.38. The van der Waals surface area contributed by atoms with E-state index in [4.69, 9.17) is 4.74 Å². The van der Waals surface area contributed by atoms with Crippen molar-refractivity contribution in [3.05, 3.63) is 48.5 Å². The standard InChI is InChI=1S/C21H24N4O6/c1-13(2)18(26)22-16-11-10-15(31-14-8-6-5-7-9-14)12-17(16)23-19(24-20(27)29-3)25-21(28)30-4/h5-13H,1-4H3,(H,22,26)(H2,23,24,25,27,28). The van der Waals surface area contributed by atoms with Crippen LogP contribution in [-0.2, 0) is 14.3 Å². The summed E-state index contributed by atoms with van der Waals surface area (Å²) in [5, 5.41) is 7.84. The fourth-order valence-electron chi connectivity index (χ4n) is 2.20. The molecule has 3 N–H and O–H groups in total. The van der Waals surface area contributed by atoms with E-state index in [2.05, 4.69) is 30.4 Å². The molecule has 2 aromatic carbocycles. The molecule has 164 valence electrons. The first-order valence-corrected chi connectivity index (χ1v) is 9.28. The summed E-state index contributed by atoms with van der Waals surface area (Å²) in [5.41, 5.74) is 0.685. The molecule has 10 nitrogen and oxygen atoms in total. The molecule has 0 saturated heterocycles. The lowest BCUT2D eigenvalue weighted by molar-refractivity contribution is -0.118. The lowest BCUT2D eigenvalue weighted by Crippen LogP contribution is -2.36. The first-order valence-electron chi connectivity index (χ1n) is 9.28. The largest absolute Gasteiger partial charge is 0.457 e. The first-order chi connectivity index (χ1) is 14.8. The van der Waals surface area contributed by atoms with Gasteiger partial charge >= 0.3 is 12.2 Å². The number of benzene rings is 2. The first kappa shape index (κ1) is 23.2. The number of alkyl carbamates (subject to hydrolysis) is 1. The smallest absolute Gasteiger partial charge is 0.436 e. The van der Waals surface area contributed by atoms with Crippen LogP contribution < -0.4 is 20.7 Å². The van der Waals surface area contributed by atoms with Gasteiger partial charge in [0.15, 0.2) is 0 Å². The fourth-order valence-corrected chi connectivity index (χ4v) is 2.20. The Morgan fingerprint density at radius 2 is 1.58 bits per heavy atom. The molecule has 0 aliphatic rings. The predicted octanol–water partition coefficient (Wildman–Crippen LogP) is 3.96. The summed E-state index contributed by atoms with van der Waals surface area (Å²) >= 11 is 0. The number of para-hydroxylation sites is 1. The molecule has 0 bridgehead atoms. The molecule has 0 aliphatic heterocycles.